The van der Waals surface area contributed by atoms with E-state index in [2.05, 4.69) is 21.0 Å². The van der Waals surface area contributed by atoms with E-state index in [1.807, 2.05) is 13.0 Å². The van der Waals surface area contributed by atoms with Crippen LogP contribution in [-0.2, 0) is 13.5 Å². The molecule has 0 radical (unpaired) electrons. The molecule has 0 saturated heterocycles. The zero-order valence-electron chi connectivity index (χ0n) is 10.2. The van der Waals surface area contributed by atoms with E-state index < -0.39 is 6.10 Å². The van der Waals surface area contributed by atoms with Gasteiger partial charge in [0.05, 0.1) is 22.0 Å². The number of halogens is 2. The van der Waals surface area contributed by atoms with Gasteiger partial charge in [0.2, 0.25) is 0 Å². The highest BCUT2D eigenvalue weighted by molar-refractivity contribution is 9.10. The molecule has 0 bridgehead atoms. The van der Waals surface area contributed by atoms with E-state index in [0.29, 0.717) is 10.9 Å². The molecule has 2 aromatic rings. The fourth-order valence-corrected chi connectivity index (χ4v) is 2.39. The summed E-state index contributed by atoms with van der Waals surface area (Å²) in [4.78, 5) is 0. The van der Waals surface area contributed by atoms with Crippen molar-refractivity contribution in [3.63, 3.8) is 0 Å². The summed E-state index contributed by atoms with van der Waals surface area (Å²) in [5.41, 5.74) is 2.31. The minimum atomic E-state index is -0.700. The lowest BCUT2D eigenvalue weighted by molar-refractivity contribution is 0.168. The maximum Gasteiger partial charge on any atom is 0.137 e. The van der Waals surface area contributed by atoms with Gasteiger partial charge < -0.3 is 5.11 Å². The van der Waals surface area contributed by atoms with Crippen molar-refractivity contribution in [1.82, 2.24) is 9.78 Å². The van der Waals surface area contributed by atoms with Crippen molar-refractivity contribution >= 4 is 15.9 Å². The Bertz CT molecular complexity index is 568. The Labute approximate surface area is 113 Å². The van der Waals surface area contributed by atoms with Gasteiger partial charge in [0.25, 0.3) is 0 Å². The predicted octanol–water partition coefficient (Wildman–Crippen LogP) is 2.91. The lowest BCUT2D eigenvalue weighted by Gasteiger charge is -2.12. The van der Waals surface area contributed by atoms with Crippen LogP contribution in [0.1, 0.15) is 23.1 Å². The van der Waals surface area contributed by atoms with E-state index in [1.54, 1.807) is 23.9 Å². The third kappa shape index (κ3) is 2.62. The minimum Gasteiger partial charge on any atom is -0.386 e. The Hall–Kier alpha value is -1.20. The van der Waals surface area contributed by atoms with E-state index in [-0.39, 0.29) is 5.82 Å². The summed E-state index contributed by atoms with van der Waals surface area (Å²) in [6.07, 6.45) is -0.355. The molecule has 0 fully saturated rings. The van der Waals surface area contributed by atoms with E-state index in [0.717, 1.165) is 17.0 Å². The first-order valence-electron chi connectivity index (χ1n) is 5.60. The molecule has 0 aliphatic rings. The fraction of sp³-hybridized carbons (Fsp3) is 0.308. The van der Waals surface area contributed by atoms with Crippen LogP contribution < -0.4 is 0 Å². The summed E-state index contributed by atoms with van der Waals surface area (Å²) in [5, 5.41) is 14.4. The molecule has 1 unspecified atom stereocenters. The number of rotatable bonds is 3. The Morgan fingerprint density at radius 2 is 2.22 bits per heavy atom. The SMILES string of the molecule is Cc1cc(C(O)Cc2cccc(F)c2Br)n(C)n1. The van der Waals surface area contributed by atoms with Crippen LogP contribution in [-0.4, -0.2) is 14.9 Å². The quantitative estimate of drug-likeness (QED) is 0.946. The van der Waals surface area contributed by atoms with Gasteiger partial charge in [-0.15, -0.1) is 0 Å². The lowest BCUT2D eigenvalue weighted by Crippen LogP contribution is -2.08. The molecule has 1 heterocycles. The summed E-state index contributed by atoms with van der Waals surface area (Å²) in [5.74, 6) is -0.319. The second-order valence-corrected chi connectivity index (χ2v) is 5.06. The molecule has 1 aromatic carbocycles. The van der Waals surface area contributed by atoms with Crippen molar-refractivity contribution in [2.45, 2.75) is 19.4 Å². The molecule has 0 saturated carbocycles. The van der Waals surface area contributed by atoms with Gasteiger partial charge >= 0.3 is 0 Å². The summed E-state index contributed by atoms with van der Waals surface area (Å²) < 4.78 is 15.4. The molecule has 0 aliphatic heterocycles. The zero-order chi connectivity index (χ0) is 13.3. The maximum atomic E-state index is 13.4. The highest BCUT2D eigenvalue weighted by Crippen LogP contribution is 2.26. The fourth-order valence-electron chi connectivity index (χ4n) is 1.96. The van der Waals surface area contributed by atoms with E-state index >= 15 is 0 Å². The van der Waals surface area contributed by atoms with Crippen LogP contribution in [0.15, 0.2) is 28.7 Å². The molecule has 1 N–H and O–H groups in total. The van der Waals surface area contributed by atoms with Gasteiger partial charge in [-0.2, -0.15) is 5.10 Å². The van der Waals surface area contributed by atoms with E-state index in [9.17, 15) is 9.50 Å². The summed E-state index contributed by atoms with van der Waals surface area (Å²) in [6.45, 7) is 1.87. The molecule has 5 heteroatoms. The normalized spacial score (nSPS) is 12.7. The molecule has 1 atom stereocenters. The van der Waals surface area contributed by atoms with Crippen molar-refractivity contribution in [3.8, 4) is 0 Å². The Morgan fingerprint density at radius 1 is 1.50 bits per heavy atom. The minimum absolute atomic E-state index is 0.319. The van der Waals surface area contributed by atoms with Gasteiger partial charge in [0, 0.05) is 13.5 Å². The number of aliphatic hydroxyl groups is 1. The number of aryl methyl sites for hydroxylation is 2. The topological polar surface area (TPSA) is 38.0 Å². The second-order valence-electron chi connectivity index (χ2n) is 4.27. The van der Waals surface area contributed by atoms with Crippen molar-refractivity contribution in [2.24, 2.45) is 7.05 Å². The first kappa shape index (κ1) is 13.2. The smallest absolute Gasteiger partial charge is 0.137 e. The standard InChI is InChI=1S/C13H14BrFN2O/c1-8-6-11(17(2)16-8)12(18)7-9-4-3-5-10(15)13(9)14/h3-6,12,18H,7H2,1-2H3. The first-order chi connectivity index (χ1) is 8.49. The van der Waals surface area contributed by atoms with Gasteiger partial charge in [0.15, 0.2) is 0 Å². The molecule has 0 spiro atoms. The van der Waals surface area contributed by atoms with Gasteiger partial charge in [0.1, 0.15) is 5.82 Å². The highest BCUT2D eigenvalue weighted by Gasteiger charge is 2.16. The van der Waals surface area contributed by atoms with Gasteiger partial charge in [-0.3, -0.25) is 4.68 Å². The lowest BCUT2D eigenvalue weighted by atomic mass is 10.1. The summed E-state index contributed by atoms with van der Waals surface area (Å²) in [6, 6.07) is 6.64. The van der Waals surface area contributed by atoms with Crippen LogP contribution in [0.2, 0.25) is 0 Å². The number of nitrogens with zero attached hydrogens (tertiary/aromatic N) is 2. The Morgan fingerprint density at radius 3 is 2.83 bits per heavy atom. The van der Waals surface area contributed by atoms with Crippen LogP contribution in [0.3, 0.4) is 0 Å². The molecule has 1 aromatic heterocycles. The third-order valence-electron chi connectivity index (χ3n) is 2.82. The highest BCUT2D eigenvalue weighted by atomic mass is 79.9. The van der Waals surface area contributed by atoms with Crippen LogP contribution in [0.25, 0.3) is 0 Å². The van der Waals surface area contributed by atoms with Crippen LogP contribution in [0, 0.1) is 12.7 Å². The largest absolute Gasteiger partial charge is 0.386 e. The Balaban J connectivity index is 2.24. The number of aliphatic hydroxyl groups excluding tert-OH is 1. The van der Waals surface area contributed by atoms with Crippen molar-refractivity contribution < 1.29 is 9.50 Å². The molecule has 18 heavy (non-hydrogen) atoms. The molecule has 3 nitrogen and oxygen atoms in total. The van der Waals surface area contributed by atoms with Gasteiger partial charge in [-0.25, -0.2) is 4.39 Å². The molecule has 0 aliphatic carbocycles. The molecule has 96 valence electrons. The number of aromatic nitrogens is 2. The van der Waals surface area contributed by atoms with Gasteiger partial charge in [-0.05, 0) is 40.5 Å². The summed E-state index contributed by atoms with van der Waals surface area (Å²) in [7, 11) is 1.78. The van der Waals surface area contributed by atoms with Crippen molar-refractivity contribution in [3.05, 3.63) is 51.5 Å². The average Bonchev–Trinajstić information content (AvgIpc) is 2.64. The number of hydrogen-bond donors (Lipinski definition) is 1. The first-order valence-corrected chi connectivity index (χ1v) is 6.40. The third-order valence-corrected chi connectivity index (χ3v) is 3.71. The summed E-state index contributed by atoms with van der Waals surface area (Å²) >= 11 is 3.20. The molecular formula is C13H14BrFN2O. The van der Waals surface area contributed by atoms with Crippen molar-refractivity contribution in [2.75, 3.05) is 0 Å². The van der Waals surface area contributed by atoms with Crippen LogP contribution in [0.5, 0.6) is 0 Å². The second kappa shape index (κ2) is 5.20. The monoisotopic (exact) mass is 312 g/mol. The molecular weight excluding hydrogens is 299 g/mol. The van der Waals surface area contributed by atoms with E-state index in [1.165, 1.54) is 6.07 Å². The number of hydrogen-bond acceptors (Lipinski definition) is 2. The Kier molecular flexibility index (Phi) is 3.82. The number of benzene rings is 1. The van der Waals surface area contributed by atoms with Crippen LogP contribution in [0.4, 0.5) is 4.39 Å². The maximum absolute atomic E-state index is 13.4. The molecule has 2 rings (SSSR count). The average molecular weight is 313 g/mol. The van der Waals surface area contributed by atoms with Crippen molar-refractivity contribution in [1.29, 1.82) is 0 Å². The van der Waals surface area contributed by atoms with Crippen LogP contribution >= 0.6 is 15.9 Å². The van der Waals surface area contributed by atoms with Gasteiger partial charge in [-0.1, -0.05) is 12.1 Å². The predicted molar refractivity (Wildman–Crippen MR) is 70.7 cm³/mol. The van der Waals surface area contributed by atoms with E-state index in [4.69, 9.17) is 0 Å². The zero-order valence-corrected chi connectivity index (χ0v) is 11.8. The molecule has 0 amide bonds.